The van der Waals surface area contributed by atoms with Crippen molar-refractivity contribution in [1.29, 1.82) is 0 Å². The van der Waals surface area contributed by atoms with Crippen LogP contribution in [0, 0.1) is 19.7 Å². The zero-order valence-corrected chi connectivity index (χ0v) is 18.4. The maximum atomic E-state index is 13.3. The van der Waals surface area contributed by atoms with Gasteiger partial charge in [-0.05, 0) is 60.9 Å². The molecule has 0 saturated carbocycles. The number of benzene rings is 3. The largest absolute Gasteiger partial charge is 0.335 e. The maximum absolute atomic E-state index is 13.3. The van der Waals surface area contributed by atoms with Gasteiger partial charge >= 0.3 is 0 Å². The molecule has 3 aromatic carbocycles. The molecule has 8 heteroatoms. The van der Waals surface area contributed by atoms with Crippen LogP contribution in [0.4, 0.5) is 10.1 Å². The van der Waals surface area contributed by atoms with E-state index >= 15 is 0 Å². The summed E-state index contributed by atoms with van der Waals surface area (Å²) in [4.78, 5) is 13.3. The number of nitrogens with zero attached hydrogens (tertiary/aromatic N) is 3. The molecule has 1 atom stereocenters. The van der Waals surface area contributed by atoms with E-state index in [4.69, 9.17) is 5.84 Å². The molecule has 0 aliphatic carbocycles. The zero-order chi connectivity index (χ0) is 22.7. The van der Waals surface area contributed by atoms with Gasteiger partial charge in [0.15, 0.2) is 5.82 Å². The van der Waals surface area contributed by atoms with Crippen LogP contribution in [-0.2, 0) is 4.79 Å². The lowest BCUT2D eigenvalue weighted by Gasteiger charge is -2.17. The summed E-state index contributed by atoms with van der Waals surface area (Å²) in [5.74, 6) is 6.08. The zero-order valence-electron chi connectivity index (χ0n) is 17.6. The van der Waals surface area contributed by atoms with Crippen molar-refractivity contribution in [1.82, 2.24) is 14.9 Å². The van der Waals surface area contributed by atoms with Gasteiger partial charge in [0.2, 0.25) is 11.1 Å². The van der Waals surface area contributed by atoms with Crippen molar-refractivity contribution >= 4 is 23.4 Å². The van der Waals surface area contributed by atoms with Crippen LogP contribution in [0.3, 0.4) is 0 Å². The van der Waals surface area contributed by atoms with E-state index < -0.39 is 5.25 Å². The molecule has 1 aromatic heterocycles. The molecule has 0 saturated heterocycles. The Morgan fingerprint density at radius 2 is 1.75 bits per heavy atom. The predicted molar refractivity (Wildman–Crippen MR) is 125 cm³/mol. The monoisotopic (exact) mass is 447 g/mol. The summed E-state index contributed by atoms with van der Waals surface area (Å²) in [5.41, 5.74) is 4.23. The van der Waals surface area contributed by atoms with Gasteiger partial charge in [-0.25, -0.2) is 9.07 Å². The minimum absolute atomic E-state index is 0.193. The molecule has 4 rings (SSSR count). The Hall–Kier alpha value is -3.65. The number of aromatic nitrogens is 3. The fraction of sp³-hybridized carbons (Fsp3) is 0.125. The molecular formula is C24H22FN5OS. The van der Waals surface area contributed by atoms with Gasteiger partial charge in [-0.1, -0.05) is 54.2 Å². The second-order valence-corrected chi connectivity index (χ2v) is 8.47. The van der Waals surface area contributed by atoms with Crippen LogP contribution in [0.25, 0.3) is 11.4 Å². The topological polar surface area (TPSA) is 85.8 Å². The minimum Gasteiger partial charge on any atom is -0.335 e. The van der Waals surface area contributed by atoms with Crippen LogP contribution in [0.15, 0.2) is 78.0 Å². The third-order valence-corrected chi connectivity index (χ3v) is 6.19. The lowest BCUT2D eigenvalue weighted by Crippen LogP contribution is -2.21. The maximum Gasteiger partial charge on any atom is 0.242 e. The Bertz CT molecular complexity index is 1240. The van der Waals surface area contributed by atoms with Gasteiger partial charge in [0, 0.05) is 11.3 Å². The number of anilines is 1. The lowest BCUT2D eigenvalue weighted by molar-refractivity contribution is -0.115. The molecule has 3 N–H and O–H groups in total. The van der Waals surface area contributed by atoms with E-state index in [-0.39, 0.29) is 11.7 Å². The number of rotatable bonds is 6. The van der Waals surface area contributed by atoms with Crippen LogP contribution in [0.2, 0.25) is 0 Å². The molecular weight excluding hydrogens is 425 g/mol. The summed E-state index contributed by atoms with van der Waals surface area (Å²) < 4.78 is 14.6. The highest BCUT2D eigenvalue weighted by molar-refractivity contribution is 8.00. The molecule has 32 heavy (non-hydrogen) atoms. The predicted octanol–water partition coefficient (Wildman–Crippen LogP) is 4.89. The fourth-order valence-corrected chi connectivity index (χ4v) is 4.19. The third-order valence-electron chi connectivity index (χ3n) is 4.98. The molecule has 0 radical (unpaired) electrons. The number of nitrogens with one attached hydrogen (secondary N) is 1. The summed E-state index contributed by atoms with van der Waals surface area (Å²) in [6.07, 6.45) is 0. The quantitative estimate of drug-likeness (QED) is 0.325. The number of nitrogen functional groups attached to an aromatic ring is 1. The molecule has 162 valence electrons. The van der Waals surface area contributed by atoms with Crippen LogP contribution < -0.4 is 11.2 Å². The summed E-state index contributed by atoms with van der Waals surface area (Å²) in [5, 5.41) is 11.1. The van der Waals surface area contributed by atoms with Gasteiger partial charge in [-0.2, -0.15) is 0 Å². The summed E-state index contributed by atoms with van der Waals surface area (Å²) >= 11 is 1.20. The van der Waals surface area contributed by atoms with Crippen molar-refractivity contribution in [2.45, 2.75) is 24.3 Å². The normalized spacial score (nSPS) is 11.8. The van der Waals surface area contributed by atoms with Gasteiger partial charge in [0.05, 0.1) is 0 Å². The fourth-order valence-electron chi connectivity index (χ4n) is 3.23. The van der Waals surface area contributed by atoms with E-state index in [0.29, 0.717) is 16.5 Å². The number of hydrogen-bond donors (Lipinski definition) is 2. The van der Waals surface area contributed by atoms with Crippen molar-refractivity contribution < 1.29 is 9.18 Å². The number of aryl methyl sites for hydroxylation is 2. The average molecular weight is 448 g/mol. The van der Waals surface area contributed by atoms with Crippen LogP contribution in [0.5, 0.6) is 0 Å². The van der Waals surface area contributed by atoms with Gasteiger partial charge in [0.1, 0.15) is 11.1 Å². The van der Waals surface area contributed by atoms with Gasteiger partial charge in [-0.15, -0.1) is 10.2 Å². The third kappa shape index (κ3) is 4.65. The van der Waals surface area contributed by atoms with E-state index in [1.165, 1.54) is 28.6 Å². The first-order chi connectivity index (χ1) is 15.4. The molecule has 0 spiro atoms. The second-order valence-electron chi connectivity index (χ2n) is 7.40. The summed E-state index contributed by atoms with van der Waals surface area (Å²) in [6, 6.07) is 21.2. The smallest absolute Gasteiger partial charge is 0.242 e. The van der Waals surface area contributed by atoms with Crippen molar-refractivity contribution in [3.63, 3.8) is 0 Å². The Morgan fingerprint density at radius 1 is 1.03 bits per heavy atom. The van der Waals surface area contributed by atoms with Gasteiger partial charge < -0.3 is 11.2 Å². The number of carbonyl (C=O) groups excluding carboxylic acids is 1. The number of thioether (sulfide) groups is 1. The highest BCUT2D eigenvalue weighted by Gasteiger charge is 2.26. The molecule has 1 heterocycles. The van der Waals surface area contributed by atoms with E-state index in [1.54, 1.807) is 12.1 Å². The Kier molecular flexibility index (Phi) is 6.23. The molecule has 4 aromatic rings. The highest BCUT2D eigenvalue weighted by Crippen LogP contribution is 2.36. The van der Waals surface area contributed by atoms with E-state index in [9.17, 15) is 9.18 Å². The molecule has 0 fully saturated rings. The number of hydrogen-bond acceptors (Lipinski definition) is 5. The van der Waals surface area contributed by atoms with E-state index in [0.717, 1.165) is 22.4 Å². The highest BCUT2D eigenvalue weighted by atomic mass is 32.2. The van der Waals surface area contributed by atoms with Crippen LogP contribution in [0.1, 0.15) is 21.9 Å². The molecule has 0 aliphatic rings. The Balaban J connectivity index is 1.64. The SMILES string of the molecule is Cc1ccc(C)c(NC(=O)[C@H](Sc2nnc(-c3ccc(F)cc3)n2N)c2ccccc2)c1. The van der Waals surface area contributed by atoms with Crippen LogP contribution >= 0.6 is 11.8 Å². The minimum atomic E-state index is -0.608. The van der Waals surface area contributed by atoms with E-state index in [2.05, 4.69) is 15.5 Å². The number of carbonyl (C=O) groups is 1. The standard InChI is InChI=1S/C24H22FN5OS/c1-15-8-9-16(2)20(14-15)27-23(31)21(17-6-4-3-5-7-17)32-24-29-28-22(30(24)26)18-10-12-19(25)13-11-18/h3-14,21H,26H2,1-2H3,(H,27,31)/t21-/m1/s1. The number of nitrogens with two attached hydrogens (primary N) is 1. The van der Waals surface area contributed by atoms with Gasteiger partial charge in [-0.3, -0.25) is 4.79 Å². The molecule has 1 amide bonds. The van der Waals surface area contributed by atoms with Gasteiger partial charge in [0.25, 0.3) is 0 Å². The average Bonchev–Trinajstić information content (AvgIpc) is 3.15. The number of amides is 1. The Morgan fingerprint density at radius 3 is 2.47 bits per heavy atom. The Labute approximate surface area is 189 Å². The van der Waals surface area contributed by atoms with Crippen molar-refractivity contribution in [3.8, 4) is 11.4 Å². The first kappa shape index (κ1) is 21.6. The van der Waals surface area contributed by atoms with E-state index in [1.807, 2.05) is 62.4 Å². The van der Waals surface area contributed by atoms with Crippen molar-refractivity contribution in [2.24, 2.45) is 0 Å². The lowest BCUT2D eigenvalue weighted by atomic mass is 10.1. The first-order valence-electron chi connectivity index (χ1n) is 9.98. The first-order valence-corrected chi connectivity index (χ1v) is 10.9. The molecule has 0 aliphatic heterocycles. The number of halogens is 1. The molecule has 0 bridgehead atoms. The molecule has 6 nitrogen and oxygen atoms in total. The summed E-state index contributed by atoms with van der Waals surface area (Å²) in [6.45, 7) is 3.93. The van der Waals surface area contributed by atoms with Crippen molar-refractivity contribution in [2.75, 3.05) is 11.2 Å². The second kappa shape index (κ2) is 9.23. The van der Waals surface area contributed by atoms with Crippen LogP contribution in [-0.4, -0.2) is 20.8 Å². The van der Waals surface area contributed by atoms with Crippen molar-refractivity contribution in [3.05, 3.63) is 95.3 Å². The molecule has 0 unspecified atom stereocenters. The summed E-state index contributed by atoms with van der Waals surface area (Å²) in [7, 11) is 0.